The molecule has 0 radical (unpaired) electrons. The molecule has 0 saturated heterocycles. The van der Waals surface area contributed by atoms with Crippen LogP contribution in [0, 0.1) is 6.92 Å². The van der Waals surface area contributed by atoms with E-state index in [2.05, 4.69) is 4.98 Å². The Bertz CT molecular complexity index is 757. The minimum absolute atomic E-state index is 0.0224. The molecule has 0 amide bonds. The lowest BCUT2D eigenvalue weighted by molar-refractivity contribution is 0.0698. The summed E-state index contributed by atoms with van der Waals surface area (Å²) in [5, 5.41) is 9.25. The Morgan fingerprint density at radius 3 is 2.52 bits per heavy atom. The Kier molecular flexibility index (Phi) is 3.80. The van der Waals surface area contributed by atoms with Gasteiger partial charge in [0.1, 0.15) is 23.3 Å². The Morgan fingerprint density at radius 2 is 2.05 bits per heavy atom. The van der Waals surface area contributed by atoms with Crippen molar-refractivity contribution in [1.29, 1.82) is 0 Å². The fraction of sp³-hybridized carbons (Fsp3) is 0.333. The summed E-state index contributed by atoms with van der Waals surface area (Å²) >= 11 is 0. The molecule has 0 aliphatic heterocycles. The summed E-state index contributed by atoms with van der Waals surface area (Å²) in [5.41, 5.74) is 1.36. The van der Waals surface area contributed by atoms with Crippen LogP contribution in [-0.2, 0) is 7.05 Å². The summed E-state index contributed by atoms with van der Waals surface area (Å²) in [5.74, 6) is -1.69. The molecular formula is C15H16F2N2O2. The van der Waals surface area contributed by atoms with Crippen molar-refractivity contribution in [3.8, 4) is 0 Å². The van der Waals surface area contributed by atoms with Crippen LogP contribution in [0.1, 0.15) is 35.6 Å². The van der Waals surface area contributed by atoms with Crippen LogP contribution in [0.25, 0.3) is 16.6 Å². The summed E-state index contributed by atoms with van der Waals surface area (Å²) in [6.45, 7) is 4.14. The molecule has 1 atom stereocenters. The van der Waals surface area contributed by atoms with Crippen LogP contribution in [-0.4, -0.2) is 26.8 Å². The van der Waals surface area contributed by atoms with E-state index in [1.54, 1.807) is 20.0 Å². The van der Waals surface area contributed by atoms with Crippen molar-refractivity contribution in [2.75, 3.05) is 0 Å². The van der Waals surface area contributed by atoms with Crippen LogP contribution in [0.4, 0.5) is 8.78 Å². The number of hydrogen-bond donors (Lipinski definition) is 1. The number of nitrogens with zero attached hydrogens (tertiary/aromatic N) is 2. The van der Waals surface area contributed by atoms with Gasteiger partial charge >= 0.3 is 5.97 Å². The number of carboxylic acids is 1. The van der Waals surface area contributed by atoms with Gasteiger partial charge in [0.15, 0.2) is 0 Å². The number of benzene rings is 1. The summed E-state index contributed by atoms with van der Waals surface area (Å²) in [6, 6.07) is 3.23. The van der Waals surface area contributed by atoms with Crippen molar-refractivity contribution >= 4 is 22.6 Å². The molecule has 6 heteroatoms. The second-order valence-corrected chi connectivity index (χ2v) is 5.04. The first kappa shape index (κ1) is 15.2. The molecule has 0 bridgehead atoms. The van der Waals surface area contributed by atoms with E-state index in [-0.39, 0.29) is 22.5 Å². The number of hydrogen-bond acceptors (Lipinski definition) is 2. The predicted octanol–water partition coefficient (Wildman–Crippen LogP) is 3.64. The molecule has 112 valence electrons. The van der Waals surface area contributed by atoms with Crippen LogP contribution in [0.3, 0.4) is 0 Å². The first-order valence-electron chi connectivity index (χ1n) is 6.45. The van der Waals surface area contributed by atoms with E-state index < -0.39 is 18.0 Å². The fourth-order valence-corrected chi connectivity index (χ4v) is 2.44. The molecular weight excluding hydrogens is 278 g/mol. The molecule has 0 aliphatic carbocycles. The topological polar surface area (TPSA) is 55.1 Å². The normalized spacial score (nSPS) is 14.2. The summed E-state index contributed by atoms with van der Waals surface area (Å²) in [4.78, 5) is 15.5. The van der Waals surface area contributed by atoms with Gasteiger partial charge in [0, 0.05) is 7.05 Å². The van der Waals surface area contributed by atoms with Crippen LogP contribution in [0.2, 0.25) is 0 Å². The minimum Gasteiger partial charge on any atom is -0.478 e. The van der Waals surface area contributed by atoms with Gasteiger partial charge < -0.3 is 9.67 Å². The van der Waals surface area contributed by atoms with Gasteiger partial charge in [-0.3, -0.25) is 0 Å². The molecule has 4 nitrogen and oxygen atoms in total. The standard InChI is InChI=1S/C15H16F2N2O2/c1-7-5-10(15(20)21)13-11(6-7)19(4)14(18-13)12(8(2)16)9(3)17/h5-6,8H,1-4H3,(H,20,21). The van der Waals surface area contributed by atoms with Crippen molar-refractivity contribution in [3.63, 3.8) is 0 Å². The van der Waals surface area contributed by atoms with Crippen LogP contribution >= 0.6 is 0 Å². The fourth-order valence-electron chi connectivity index (χ4n) is 2.44. The van der Waals surface area contributed by atoms with Gasteiger partial charge in [0.25, 0.3) is 0 Å². The molecule has 2 aromatic rings. The van der Waals surface area contributed by atoms with Crippen LogP contribution < -0.4 is 0 Å². The van der Waals surface area contributed by atoms with Crippen molar-refractivity contribution in [2.24, 2.45) is 7.05 Å². The SMILES string of the molecule is CC(F)=C(c1nc2c(C(=O)O)cc(C)cc2n1C)C(C)F. The van der Waals surface area contributed by atoms with E-state index in [1.807, 2.05) is 0 Å². The Hall–Kier alpha value is -2.24. The van der Waals surface area contributed by atoms with E-state index in [0.717, 1.165) is 12.5 Å². The minimum atomic E-state index is -1.54. The van der Waals surface area contributed by atoms with E-state index in [4.69, 9.17) is 0 Å². The number of fused-ring (bicyclic) bond motifs is 1. The molecule has 1 heterocycles. The monoisotopic (exact) mass is 294 g/mol. The van der Waals surface area contributed by atoms with Gasteiger partial charge in [-0.2, -0.15) is 0 Å². The van der Waals surface area contributed by atoms with Crippen LogP contribution in [0.5, 0.6) is 0 Å². The largest absolute Gasteiger partial charge is 0.478 e. The highest BCUT2D eigenvalue weighted by Gasteiger charge is 2.23. The van der Waals surface area contributed by atoms with Crippen molar-refractivity contribution < 1.29 is 18.7 Å². The van der Waals surface area contributed by atoms with Crippen molar-refractivity contribution in [2.45, 2.75) is 26.9 Å². The molecule has 21 heavy (non-hydrogen) atoms. The maximum atomic E-state index is 13.7. The number of allylic oxidation sites excluding steroid dienone is 2. The Labute approximate surface area is 120 Å². The third-order valence-corrected chi connectivity index (χ3v) is 3.37. The zero-order chi connectivity index (χ0) is 15.9. The number of alkyl halides is 1. The number of aryl methyl sites for hydroxylation is 2. The lowest BCUT2D eigenvalue weighted by atomic mass is 10.1. The number of imidazole rings is 1. The summed E-state index contributed by atoms with van der Waals surface area (Å²) < 4.78 is 28.8. The third kappa shape index (κ3) is 2.53. The van der Waals surface area contributed by atoms with E-state index in [1.165, 1.54) is 17.6 Å². The Balaban J connectivity index is 2.86. The number of rotatable bonds is 3. The highest BCUT2D eigenvalue weighted by molar-refractivity contribution is 6.02. The molecule has 1 aromatic heterocycles. The average Bonchev–Trinajstić information content (AvgIpc) is 2.66. The number of halogens is 2. The van der Waals surface area contributed by atoms with Crippen LogP contribution in [0.15, 0.2) is 18.0 Å². The first-order valence-corrected chi connectivity index (χ1v) is 6.45. The summed E-state index contributed by atoms with van der Waals surface area (Å²) in [7, 11) is 1.61. The maximum Gasteiger partial charge on any atom is 0.337 e. The Morgan fingerprint density at radius 1 is 1.43 bits per heavy atom. The van der Waals surface area contributed by atoms with Gasteiger partial charge in [-0.1, -0.05) is 0 Å². The molecule has 0 spiro atoms. The molecule has 0 saturated carbocycles. The number of aromatic carboxylic acids is 1. The maximum absolute atomic E-state index is 13.7. The molecule has 1 N–H and O–H groups in total. The highest BCUT2D eigenvalue weighted by atomic mass is 19.1. The lowest BCUT2D eigenvalue weighted by Gasteiger charge is -2.09. The average molecular weight is 294 g/mol. The van der Waals surface area contributed by atoms with E-state index in [9.17, 15) is 18.7 Å². The second kappa shape index (κ2) is 5.27. The second-order valence-electron chi connectivity index (χ2n) is 5.04. The van der Waals surface area contributed by atoms with E-state index >= 15 is 0 Å². The zero-order valence-corrected chi connectivity index (χ0v) is 12.2. The van der Waals surface area contributed by atoms with Gasteiger partial charge in [0.2, 0.25) is 0 Å². The molecule has 1 aromatic carbocycles. The van der Waals surface area contributed by atoms with Crippen molar-refractivity contribution in [1.82, 2.24) is 9.55 Å². The third-order valence-electron chi connectivity index (χ3n) is 3.37. The lowest BCUT2D eigenvalue weighted by Crippen LogP contribution is -2.06. The first-order chi connectivity index (χ1) is 9.73. The zero-order valence-electron chi connectivity index (χ0n) is 12.2. The van der Waals surface area contributed by atoms with E-state index in [0.29, 0.717) is 5.52 Å². The molecule has 0 fully saturated rings. The molecule has 2 rings (SSSR count). The summed E-state index contributed by atoms with van der Waals surface area (Å²) in [6.07, 6.45) is -1.54. The molecule has 1 unspecified atom stereocenters. The van der Waals surface area contributed by atoms with Gasteiger partial charge in [-0.15, -0.1) is 0 Å². The predicted molar refractivity (Wildman–Crippen MR) is 76.7 cm³/mol. The number of carboxylic acid groups (broad SMARTS) is 1. The number of aromatic nitrogens is 2. The smallest absolute Gasteiger partial charge is 0.337 e. The van der Waals surface area contributed by atoms with Gasteiger partial charge in [0.05, 0.1) is 16.7 Å². The van der Waals surface area contributed by atoms with Gasteiger partial charge in [-0.25, -0.2) is 18.6 Å². The molecule has 0 aliphatic rings. The highest BCUT2D eigenvalue weighted by Crippen LogP contribution is 2.29. The van der Waals surface area contributed by atoms with Crippen molar-refractivity contribution in [3.05, 3.63) is 34.9 Å². The number of carbonyl (C=O) groups is 1. The van der Waals surface area contributed by atoms with Gasteiger partial charge in [-0.05, 0) is 38.5 Å². The quantitative estimate of drug-likeness (QED) is 0.940.